The third-order valence-corrected chi connectivity index (χ3v) is 3.20. The zero-order valence-electron chi connectivity index (χ0n) is 12.4. The van der Waals surface area contributed by atoms with Gasteiger partial charge in [-0.15, -0.1) is 5.10 Å². The van der Waals surface area contributed by atoms with Gasteiger partial charge in [0.05, 0.1) is 17.1 Å². The quantitative estimate of drug-likeness (QED) is 0.574. The van der Waals surface area contributed by atoms with Gasteiger partial charge in [0, 0.05) is 6.20 Å². The number of nitrogens with one attached hydrogen (secondary N) is 1. The van der Waals surface area contributed by atoms with Crippen LogP contribution in [0.15, 0.2) is 48.7 Å². The van der Waals surface area contributed by atoms with Gasteiger partial charge in [0.15, 0.2) is 12.3 Å². The fraction of sp³-hybridized carbons (Fsp3) is 0.125. The van der Waals surface area contributed by atoms with Crippen LogP contribution < -0.4 is 0 Å². The average molecular weight is 310 g/mol. The number of carbonyl (C=O) groups excluding carboxylic acids is 2. The molecule has 2 heterocycles. The minimum Gasteiger partial charge on any atom is -0.452 e. The van der Waals surface area contributed by atoms with Gasteiger partial charge >= 0.3 is 5.97 Å². The monoisotopic (exact) mass is 310 g/mol. The van der Waals surface area contributed by atoms with Crippen molar-refractivity contribution in [1.82, 2.24) is 20.0 Å². The van der Waals surface area contributed by atoms with Crippen molar-refractivity contribution in [3.05, 3.63) is 65.7 Å². The number of carbonyl (C=O) groups is 2. The molecule has 0 fully saturated rings. The van der Waals surface area contributed by atoms with Crippen LogP contribution in [0.25, 0.3) is 5.69 Å². The summed E-state index contributed by atoms with van der Waals surface area (Å²) < 4.78 is 5.02. The number of aryl methyl sites for hydroxylation is 1. The highest BCUT2D eigenvalue weighted by Gasteiger charge is 2.19. The highest BCUT2D eigenvalue weighted by molar-refractivity contribution is 5.97. The first-order valence-corrected chi connectivity index (χ1v) is 6.98. The van der Waals surface area contributed by atoms with Gasteiger partial charge in [0.2, 0.25) is 5.78 Å². The summed E-state index contributed by atoms with van der Waals surface area (Å²) >= 11 is 0. The summed E-state index contributed by atoms with van der Waals surface area (Å²) in [6.45, 7) is 1.31. The number of benzene rings is 1. The first-order valence-electron chi connectivity index (χ1n) is 6.98. The Labute approximate surface area is 131 Å². The van der Waals surface area contributed by atoms with Crippen molar-refractivity contribution in [2.75, 3.05) is 6.61 Å². The van der Waals surface area contributed by atoms with Crippen LogP contribution in [0, 0.1) is 6.92 Å². The van der Waals surface area contributed by atoms with Crippen LogP contribution in [0.2, 0.25) is 0 Å². The van der Waals surface area contributed by atoms with E-state index < -0.39 is 5.97 Å². The van der Waals surface area contributed by atoms with Gasteiger partial charge in [-0.25, -0.2) is 4.79 Å². The van der Waals surface area contributed by atoms with Gasteiger partial charge in [-0.2, -0.15) is 9.90 Å². The van der Waals surface area contributed by atoms with Crippen LogP contribution >= 0.6 is 0 Å². The largest absolute Gasteiger partial charge is 0.452 e. The number of aromatic nitrogens is 4. The van der Waals surface area contributed by atoms with Crippen LogP contribution in [0.5, 0.6) is 0 Å². The van der Waals surface area contributed by atoms with E-state index in [-0.39, 0.29) is 18.1 Å². The number of ether oxygens (including phenoxy) is 1. The molecule has 0 saturated heterocycles. The Morgan fingerprint density at radius 1 is 1.13 bits per heavy atom. The van der Waals surface area contributed by atoms with Crippen LogP contribution in [0.1, 0.15) is 26.7 Å². The van der Waals surface area contributed by atoms with Crippen molar-refractivity contribution in [2.24, 2.45) is 0 Å². The molecular formula is C16H14N4O3. The van der Waals surface area contributed by atoms with E-state index in [9.17, 15) is 9.59 Å². The number of esters is 1. The molecule has 0 radical (unpaired) electrons. The zero-order chi connectivity index (χ0) is 16.2. The topological polar surface area (TPSA) is 89.9 Å². The first-order chi connectivity index (χ1) is 11.1. The van der Waals surface area contributed by atoms with E-state index in [1.165, 1.54) is 4.80 Å². The molecule has 3 aromatic rings. The standard InChI is InChI=1S/C16H14N4O3/c1-11-15(19-20(18-11)12-6-3-2-4-7-12)16(22)23-10-14(21)13-8-5-9-17-13/h2-9,17H,10H2,1H3. The van der Waals surface area contributed by atoms with Crippen LogP contribution in [0.4, 0.5) is 0 Å². The predicted octanol–water partition coefficient (Wildman–Crippen LogP) is 1.94. The van der Waals surface area contributed by atoms with E-state index in [2.05, 4.69) is 15.2 Å². The van der Waals surface area contributed by atoms with Gasteiger partial charge in [0.1, 0.15) is 0 Å². The van der Waals surface area contributed by atoms with E-state index in [4.69, 9.17) is 4.74 Å². The van der Waals surface area contributed by atoms with E-state index in [0.29, 0.717) is 11.4 Å². The van der Waals surface area contributed by atoms with E-state index >= 15 is 0 Å². The molecular weight excluding hydrogens is 296 g/mol. The maximum Gasteiger partial charge on any atom is 0.361 e. The first kappa shape index (κ1) is 14.7. The lowest BCUT2D eigenvalue weighted by Gasteiger charge is -2.01. The lowest BCUT2D eigenvalue weighted by molar-refractivity contribution is 0.0466. The Balaban J connectivity index is 1.70. The number of nitrogens with zero attached hydrogens (tertiary/aromatic N) is 3. The SMILES string of the molecule is Cc1nn(-c2ccccc2)nc1C(=O)OCC(=O)c1ccc[nH]1. The lowest BCUT2D eigenvalue weighted by atomic mass is 10.3. The second-order valence-corrected chi connectivity index (χ2v) is 4.84. The smallest absolute Gasteiger partial charge is 0.361 e. The number of rotatable bonds is 5. The third kappa shape index (κ3) is 3.18. The predicted molar refractivity (Wildman–Crippen MR) is 81.5 cm³/mol. The van der Waals surface area contributed by atoms with E-state index in [0.717, 1.165) is 5.69 Å². The second-order valence-electron chi connectivity index (χ2n) is 4.84. The molecule has 7 heteroatoms. The number of H-pyrrole nitrogens is 1. The molecule has 2 aromatic heterocycles. The van der Waals surface area contributed by atoms with Crippen molar-refractivity contribution in [2.45, 2.75) is 6.92 Å². The Kier molecular flexibility index (Phi) is 4.01. The molecule has 0 bridgehead atoms. The molecule has 116 valence electrons. The molecule has 0 aliphatic rings. The van der Waals surface area contributed by atoms with Crippen LogP contribution in [-0.2, 0) is 4.74 Å². The highest BCUT2D eigenvalue weighted by Crippen LogP contribution is 2.09. The minimum atomic E-state index is -0.676. The Hall–Kier alpha value is -3.22. The zero-order valence-corrected chi connectivity index (χ0v) is 12.4. The second kappa shape index (κ2) is 6.27. The summed E-state index contributed by atoms with van der Waals surface area (Å²) in [6.07, 6.45) is 1.63. The summed E-state index contributed by atoms with van der Waals surface area (Å²) in [6, 6.07) is 12.5. The van der Waals surface area contributed by atoms with Gasteiger partial charge in [-0.3, -0.25) is 4.79 Å². The molecule has 0 amide bonds. The van der Waals surface area contributed by atoms with Crippen LogP contribution in [0.3, 0.4) is 0 Å². The fourth-order valence-electron chi connectivity index (χ4n) is 2.03. The van der Waals surface area contributed by atoms with Gasteiger partial charge < -0.3 is 9.72 Å². The van der Waals surface area contributed by atoms with Crippen molar-refractivity contribution >= 4 is 11.8 Å². The maximum atomic E-state index is 12.1. The Morgan fingerprint density at radius 3 is 2.61 bits per heavy atom. The lowest BCUT2D eigenvalue weighted by Crippen LogP contribution is -2.15. The number of ketones is 1. The molecule has 0 aliphatic heterocycles. The normalized spacial score (nSPS) is 10.5. The van der Waals surface area contributed by atoms with Crippen molar-refractivity contribution in [3.8, 4) is 5.69 Å². The van der Waals surface area contributed by atoms with Crippen molar-refractivity contribution in [3.63, 3.8) is 0 Å². The summed E-state index contributed by atoms with van der Waals surface area (Å²) in [5.74, 6) is -0.985. The third-order valence-electron chi connectivity index (χ3n) is 3.20. The molecule has 7 nitrogen and oxygen atoms in total. The Morgan fingerprint density at radius 2 is 1.91 bits per heavy atom. The summed E-state index contributed by atoms with van der Waals surface area (Å²) in [4.78, 5) is 28.0. The average Bonchev–Trinajstić information content (AvgIpc) is 3.23. The molecule has 0 saturated carbocycles. The van der Waals surface area contributed by atoms with Crippen LogP contribution in [-0.4, -0.2) is 38.3 Å². The molecule has 0 atom stereocenters. The van der Waals surface area contributed by atoms with Gasteiger partial charge in [-0.05, 0) is 31.2 Å². The molecule has 1 aromatic carbocycles. The van der Waals surface area contributed by atoms with Crippen molar-refractivity contribution in [1.29, 1.82) is 0 Å². The van der Waals surface area contributed by atoms with E-state index in [1.54, 1.807) is 25.3 Å². The van der Waals surface area contributed by atoms with Gasteiger partial charge in [-0.1, -0.05) is 18.2 Å². The molecule has 3 rings (SSSR count). The fourth-order valence-corrected chi connectivity index (χ4v) is 2.03. The number of para-hydroxylation sites is 1. The Bertz CT molecular complexity index is 822. The maximum absolute atomic E-state index is 12.1. The van der Waals surface area contributed by atoms with E-state index in [1.807, 2.05) is 30.3 Å². The molecule has 0 unspecified atom stereocenters. The van der Waals surface area contributed by atoms with Crippen molar-refractivity contribution < 1.29 is 14.3 Å². The summed E-state index contributed by atoms with van der Waals surface area (Å²) in [7, 11) is 0. The molecule has 0 aliphatic carbocycles. The number of hydrogen-bond acceptors (Lipinski definition) is 5. The number of aromatic amines is 1. The highest BCUT2D eigenvalue weighted by atomic mass is 16.5. The summed E-state index contributed by atoms with van der Waals surface area (Å²) in [5, 5.41) is 8.33. The molecule has 0 spiro atoms. The summed E-state index contributed by atoms with van der Waals surface area (Å²) in [5.41, 5.74) is 1.65. The molecule has 23 heavy (non-hydrogen) atoms. The number of hydrogen-bond donors (Lipinski definition) is 1. The number of Topliss-reactive ketones (excluding diaryl/α,β-unsaturated/α-hetero) is 1. The van der Waals surface area contributed by atoms with Gasteiger partial charge in [0.25, 0.3) is 0 Å². The minimum absolute atomic E-state index is 0.0909. The molecule has 1 N–H and O–H groups in total.